The molecule has 2 aliphatic heterocycles. The molecule has 0 bridgehead atoms. The SMILES string of the molecule is O=C(COc1ccc(CN2CCCCCCC2)cc1)N1CCOCC1. The van der Waals surface area contributed by atoms with Crippen molar-refractivity contribution in [1.82, 2.24) is 9.80 Å². The Morgan fingerprint density at radius 3 is 2.24 bits per heavy atom. The molecule has 5 nitrogen and oxygen atoms in total. The van der Waals surface area contributed by atoms with Crippen LogP contribution in [-0.4, -0.2) is 61.7 Å². The summed E-state index contributed by atoms with van der Waals surface area (Å²) in [5.74, 6) is 0.797. The standard InChI is InChI=1S/C20H30N2O3/c23-20(22-12-14-24-15-13-22)17-25-19-8-6-18(7-9-19)16-21-10-4-2-1-3-5-11-21/h6-9H,1-5,10-17H2. The number of rotatable bonds is 5. The van der Waals surface area contributed by atoms with E-state index in [2.05, 4.69) is 17.0 Å². The van der Waals surface area contributed by atoms with Gasteiger partial charge in [-0.05, 0) is 43.6 Å². The molecule has 0 spiro atoms. The van der Waals surface area contributed by atoms with Crippen molar-refractivity contribution in [1.29, 1.82) is 0 Å². The Hall–Kier alpha value is -1.59. The summed E-state index contributed by atoms with van der Waals surface area (Å²) in [5.41, 5.74) is 1.31. The minimum absolute atomic E-state index is 0.0352. The first kappa shape index (κ1) is 18.2. The fourth-order valence-corrected chi connectivity index (χ4v) is 3.47. The molecule has 2 saturated heterocycles. The van der Waals surface area contributed by atoms with Gasteiger partial charge in [-0.15, -0.1) is 0 Å². The molecule has 1 aromatic carbocycles. The van der Waals surface area contributed by atoms with Gasteiger partial charge in [-0.2, -0.15) is 0 Å². The van der Waals surface area contributed by atoms with E-state index in [-0.39, 0.29) is 12.5 Å². The number of amides is 1. The van der Waals surface area contributed by atoms with Gasteiger partial charge in [-0.1, -0.05) is 31.4 Å². The summed E-state index contributed by atoms with van der Waals surface area (Å²) in [6, 6.07) is 8.19. The normalized spacial score (nSPS) is 19.9. The Morgan fingerprint density at radius 1 is 0.920 bits per heavy atom. The van der Waals surface area contributed by atoms with Crippen LogP contribution < -0.4 is 4.74 Å². The summed E-state index contributed by atoms with van der Waals surface area (Å²) in [6.07, 6.45) is 6.74. The van der Waals surface area contributed by atoms with Crippen molar-refractivity contribution in [2.45, 2.75) is 38.6 Å². The van der Waals surface area contributed by atoms with Crippen molar-refractivity contribution >= 4 is 5.91 Å². The number of nitrogens with zero attached hydrogens (tertiary/aromatic N) is 2. The molecule has 25 heavy (non-hydrogen) atoms. The number of carbonyl (C=O) groups is 1. The van der Waals surface area contributed by atoms with Crippen LogP contribution in [0.25, 0.3) is 0 Å². The molecule has 1 aromatic rings. The van der Waals surface area contributed by atoms with Gasteiger partial charge in [0.15, 0.2) is 6.61 Å². The molecular weight excluding hydrogens is 316 g/mol. The van der Waals surface area contributed by atoms with Gasteiger partial charge >= 0.3 is 0 Å². The predicted octanol–water partition coefficient (Wildman–Crippen LogP) is 2.69. The second kappa shape index (κ2) is 9.78. The highest BCUT2D eigenvalue weighted by Crippen LogP contribution is 2.16. The van der Waals surface area contributed by atoms with E-state index >= 15 is 0 Å². The number of carbonyl (C=O) groups excluding carboxylic acids is 1. The average molecular weight is 346 g/mol. The monoisotopic (exact) mass is 346 g/mol. The van der Waals surface area contributed by atoms with Crippen LogP contribution >= 0.6 is 0 Å². The Bertz CT molecular complexity index is 518. The van der Waals surface area contributed by atoms with E-state index in [1.807, 2.05) is 12.1 Å². The van der Waals surface area contributed by atoms with Gasteiger partial charge in [0.1, 0.15) is 5.75 Å². The second-order valence-corrected chi connectivity index (χ2v) is 6.97. The molecule has 0 N–H and O–H groups in total. The van der Waals surface area contributed by atoms with E-state index in [1.165, 1.54) is 50.8 Å². The molecule has 0 saturated carbocycles. The topological polar surface area (TPSA) is 42.0 Å². The third-order valence-corrected chi connectivity index (χ3v) is 5.00. The zero-order valence-electron chi connectivity index (χ0n) is 15.1. The van der Waals surface area contributed by atoms with E-state index in [1.54, 1.807) is 4.90 Å². The van der Waals surface area contributed by atoms with E-state index in [0.717, 1.165) is 12.3 Å². The Morgan fingerprint density at radius 2 is 1.56 bits per heavy atom. The molecule has 0 radical (unpaired) electrons. The Labute approximate surface area is 150 Å². The first-order valence-electron chi connectivity index (χ1n) is 9.61. The minimum atomic E-state index is 0.0352. The van der Waals surface area contributed by atoms with E-state index in [4.69, 9.17) is 9.47 Å². The fraction of sp³-hybridized carbons (Fsp3) is 0.650. The molecule has 2 heterocycles. The fourth-order valence-electron chi connectivity index (χ4n) is 3.47. The molecule has 0 unspecified atom stereocenters. The molecule has 1 amide bonds. The van der Waals surface area contributed by atoms with Crippen molar-refractivity contribution in [2.24, 2.45) is 0 Å². The molecule has 2 fully saturated rings. The summed E-state index contributed by atoms with van der Waals surface area (Å²) in [7, 11) is 0. The van der Waals surface area contributed by atoms with Crippen molar-refractivity contribution in [3.8, 4) is 5.75 Å². The summed E-state index contributed by atoms with van der Waals surface area (Å²) in [5, 5.41) is 0. The first-order chi connectivity index (χ1) is 12.3. The van der Waals surface area contributed by atoms with Gasteiger partial charge < -0.3 is 14.4 Å². The number of morpholine rings is 1. The molecule has 0 aromatic heterocycles. The van der Waals surface area contributed by atoms with E-state index in [0.29, 0.717) is 26.3 Å². The highest BCUT2D eigenvalue weighted by molar-refractivity contribution is 5.77. The number of benzene rings is 1. The number of hydrogen-bond acceptors (Lipinski definition) is 4. The highest BCUT2D eigenvalue weighted by atomic mass is 16.5. The Balaban J connectivity index is 1.44. The van der Waals surface area contributed by atoms with E-state index in [9.17, 15) is 4.79 Å². The van der Waals surface area contributed by atoms with Gasteiger partial charge in [0.2, 0.25) is 0 Å². The molecule has 0 aliphatic carbocycles. The van der Waals surface area contributed by atoms with Crippen LogP contribution in [0, 0.1) is 0 Å². The lowest BCUT2D eigenvalue weighted by Gasteiger charge is -2.26. The van der Waals surface area contributed by atoms with Crippen LogP contribution in [0.15, 0.2) is 24.3 Å². The lowest BCUT2D eigenvalue weighted by molar-refractivity contribution is -0.137. The van der Waals surface area contributed by atoms with Crippen LogP contribution in [0.4, 0.5) is 0 Å². The quantitative estimate of drug-likeness (QED) is 0.822. The van der Waals surface area contributed by atoms with E-state index < -0.39 is 0 Å². The molecule has 0 atom stereocenters. The predicted molar refractivity (Wildman–Crippen MR) is 97.7 cm³/mol. The zero-order valence-corrected chi connectivity index (χ0v) is 15.1. The summed E-state index contributed by atoms with van der Waals surface area (Å²) >= 11 is 0. The second-order valence-electron chi connectivity index (χ2n) is 6.97. The number of ether oxygens (including phenoxy) is 2. The van der Waals surface area contributed by atoms with Gasteiger partial charge in [-0.25, -0.2) is 0 Å². The van der Waals surface area contributed by atoms with Crippen LogP contribution in [0.1, 0.15) is 37.7 Å². The highest BCUT2D eigenvalue weighted by Gasteiger charge is 2.17. The van der Waals surface area contributed by atoms with Gasteiger partial charge in [-0.3, -0.25) is 9.69 Å². The number of likely N-dealkylation sites (tertiary alicyclic amines) is 1. The zero-order chi connectivity index (χ0) is 17.3. The first-order valence-corrected chi connectivity index (χ1v) is 9.61. The van der Waals surface area contributed by atoms with Crippen molar-refractivity contribution in [3.63, 3.8) is 0 Å². The van der Waals surface area contributed by atoms with Gasteiger partial charge in [0.25, 0.3) is 5.91 Å². The van der Waals surface area contributed by atoms with Crippen LogP contribution in [0.3, 0.4) is 0 Å². The lowest BCUT2D eigenvalue weighted by Crippen LogP contribution is -2.42. The van der Waals surface area contributed by atoms with Gasteiger partial charge in [0.05, 0.1) is 13.2 Å². The molecule has 3 rings (SSSR count). The lowest BCUT2D eigenvalue weighted by atomic mass is 10.1. The third kappa shape index (κ3) is 6.01. The average Bonchev–Trinajstić information content (AvgIpc) is 2.63. The number of hydrogen-bond donors (Lipinski definition) is 0. The van der Waals surface area contributed by atoms with Crippen LogP contribution in [0.5, 0.6) is 5.75 Å². The molecule has 5 heteroatoms. The maximum atomic E-state index is 12.1. The summed E-state index contributed by atoms with van der Waals surface area (Å²) < 4.78 is 10.9. The maximum Gasteiger partial charge on any atom is 0.260 e. The van der Waals surface area contributed by atoms with Crippen molar-refractivity contribution < 1.29 is 14.3 Å². The van der Waals surface area contributed by atoms with Gasteiger partial charge in [0, 0.05) is 19.6 Å². The summed E-state index contributed by atoms with van der Waals surface area (Å²) in [4.78, 5) is 16.5. The van der Waals surface area contributed by atoms with Crippen LogP contribution in [-0.2, 0) is 16.1 Å². The molecule has 138 valence electrons. The Kier molecular flexibility index (Phi) is 7.12. The smallest absolute Gasteiger partial charge is 0.260 e. The minimum Gasteiger partial charge on any atom is -0.484 e. The van der Waals surface area contributed by atoms with Crippen molar-refractivity contribution in [2.75, 3.05) is 46.0 Å². The molecular formula is C20H30N2O3. The largest absolute Gasteiger partial charge is 0.484 e. The molecule has 2 aliphatic rings. The van der Waals surface area contributed by atoms with Crippen LogP contribution in [0.2, 0.25) is 0 Å². The summed E-state index contributed by atoms with van der Waals surface area (Å²) in [6.45, 7) is 6.08. The van der Waals surface area contributed by atoms with Crippen molar-refractivity contribution in [3.05, 3.63) is 29.8 Å². The maximum absolute atomic E-state index is 12.1. The third-order valence-electron chi connectivity index (χ3n) is 5.00.